The van der Waals surface area contributed by atoms with Crippen LogP contribution in [0.2, 0.25) is 10.0 Å². The molecule has 0 N–H and O–H groups in total. The summed E-state index contributed by atoms with van der Waals surface area (Å²) < 4.78 is 0. The van der Waals surface area contributed by atoms with Gasteiger partial charge in [-0.05, 0) is 31.2 Å². The standard InChI is InChI=1S/C12H8Cl2OS/c1-7-5-6-10(16-7)12(15)8-3-2-4-9(13)11(8)14/h2-6H,1H3. The molecule has 0 aliphatic rings. The summed E-state index contributed by atoms with van der Waals surface area (Å²) in [6, 6.07) is 8.80. The van der Waals surface area contributed by atoms with Crippen molar-refractivity contribution in [3.8, 4) is 0 Å². The molecule has 1 nitrogen and oxygen atoms in total. The number of halogens is 2. The van der Waals surface area contributed by atoms with Gasteiger partial charge in [0.25, 0.3) is 0 Å². The molecule has 0 aliphatic heterocycles. The molecule has 1 heterocycles. The lowest BCUT2D eigenvalue weighted by Gasteiger charge is -2.02. The van der Waals surface area contributed by atoms with Crippen molar-refractivity contribution < 1.29 is 4.79 Å². The lowest BCUT2D eigenvalue weighted by molar-refractivity contribution is 0.104. The molecule has 1 aromatic heterocycles. The number of ketones is 1. The van der Waals surface area contributed by atoms with Crippen molar-refractivity contribution in [2.75, 3.05) is 0 Å². The maximum absolute atomic E-state index is 12.1. The van der Waals surface area contributed by atoms with Crippen molar-refractivity contribution in [2.45, 2.75) is 6.92 Å². The molecule has 82 valence electrons. The van der Waals surface area contributed by atoms with Crippen LogP contribution in [0.5, 0.6) is 0 Å². The number of aryl methyl sites for hydroxylation is 1. The molecule has 0 saturated carbocycles. The molecule has 0 spiro atoms. The Labute approximate surface area is 108 Å². The highest BCUT2D eigenvalue weighted by Crippen LogP contribution is 2.29. The van der Waals surface area contributed by atoms with E-state index in [1.165, 1.54) is 11.3 Å². The molecule has 2 rings (SSSR count). The largest absolute Gasteiger partial charge is 0.288 e. The smallest absolute Gasteiger partial charge is 0.204 e. The van der Waals surface area contributed by atoms with Crippen LogP contribution in [-0.2, 0) is 0 Å². The molecule has 0 amide bonds. The summed E-state index contributed by atoms with van der Waals surface area (Å²) in [7, 11) is 0. The van der Waals surface area contributed by atoms with Crippen LogP contribution in [-0.4, -0.2) is 5.78 Å². The van der Waals surface area contributed by atoms with Crippen LogP contribution in [0.25, 0.3) is 0 Å². The van der Waals surface area contributed by atoms with Gasteiger partial charge in [0.15, 0.2) is 0 Å². The van der Waals surface area contributed by atoms with Gasteiger partial charge in [-0.1, -0.05) is 29.3 Å². The minimum atomic E-state index is -0.0781. The predicted octanol–water partition coefficient (Wildman–Crippen LogP) is 4.59. The highest BCUT2D eigenvalue weighted by Gasteiger charge is 2.15. The zero-order valence-corrected chi connectivity index (χ0v) is 10.8. The third kappa shape index (κ3) is 2.14. The van der Waals surface area contributed by atoms with E-state index in [9.17, 15) is 4.79 Å². The molecule has 2 aromatic rings. The first kappa shape index (κ1) is 11.6. The van der Waals surface area contributed by atoms with E-state index in [0.29, 0.717) is 20.5 Å². The molecule has 1 aromatic carbocycles. The molecule has 0 fully saturated rings. The fraction of sp³-hybridized carbons (Fsp3) is 0.0833. The first-order valence-corrected chi connectivity index (χ1v) is 6.22. The normalized spacial score (nSPS) is 10.4. The highest BCUT2D eigenvalue weighted by molar-refractivity contribution is 7.14. The molecule has 0 bridgehead atoms. The molecular weight excluding hydrogens is 263 g/mol. The van der Waals surface area contributed by atoms with Gasteiger partial charge in [0, 0.05) is 10.4 Å². The number of benzene rings is 1. The second-order valence-corrected chi connectivity index (χ2v) is 5.41. The molecule has 0 unspecified atom stereocenters. The summed E-state index contributed by atoms with van der Waals surface area (Å²) >= 11 is 13.3. The van der Waals surface area contributed by atoms with Gasteiger partial charge in [-0.15, -0.1) is 11.3 Å². The highest BCUT2D eigenvalue weighted by atomic mass is 35.5. The van der Waals surface area contributed by atoms with Gasteiger partial charge in [0.05, 0.1) is 14.9 Å². The van der Waals surface area contributed by atoms with Gasteiger partial charge in [-0.3, -0.25) is 4.79 Å². The van der Waals surface area contributed by atoms with Crippen LogP contribution < -0.4 is 0 Å². The van der Waals surface area contributed by atoms with Crippen LogP contribution in [0, 0.1) is 6.92 Å². The zero-order chi connectivity index (χ0) is 11.7. The van der Waals surface area contributed by atoms with Crippen molar-refractivity contribution in [1.82, 2.24) is 0 Å². The first-order valence-electron chi connectivity index (χ1n) is 4.65. The Hall–Kier alpha value is -0.830. The van der Waals surface area contributed by atoms with Crippen molar-refractivity contribution in [3.05, 3.63) is 55.7 Å². The average Bonchev–Trinajstić information content (AvgIpc) is 2.68. The van der Waals surface area contributed by atoms with Gasteiger partial charge in [0.1, 0.15) is 0 Å². The maximum Gasteiger partial charge on any atom is 0.204 e. The molecule has 16 heavy (non-hydrogen) atoms. The number of hydrogen-bond donors (Lipinski definition) is 0. The Bertz CT molecular complexity index is 546. The average molecular weight is 271 g/mol. The number of rotatable bonds is 2. The molecule has 0 aliphatic carbocycles. The van der Waals surface area contributed by atoms with E-state index in [0.717, 1.165) is 4.88 Å². The fourth-order valence-corrected chi connectivity index (χ4v) is 2.58. The van der Waals surface area contributed by atoms with E-state index >= 15 is 0 Å². The van der Waals surface area contributed by atoms with E-state index in [2.05, 4.69) is 0 Å². The predicted molar refractivity (Wildman–Crippen MR) is 69.0 cm³/mol. The topological polar surface area (TPSA) is 17.1 Å². The van der Waals surface area contributed by atoms with Gasteiger partial charge < -0.3 is 0 Å². The minimum absolute atomic E-state index is 0.0781. The Morgan fingerprint density at radius 1 is 1.19 bits per heavy atom. The summed E-state index contributed by atoms with van der Waals surface area (Å²) in [5.41, 5.74) is 0.455. The van der Waals surface area contributed by atoms with Crippen LogP contribution >= 0.6 is 34.5 Å². The number of carbonyl (C=O) groups excluding carboxylic acids is 1. The molecular formula is C12H8Cl2OS. The van der Waals surface area contributed by atoms with E-state index in [1.54, 1.807) is 24.3 Å². The molecule has 4 heteroatoms. The Morgan fingerprint density at radius 3 is 2.56 bits per heavy atom. The van der Waals surface area contributed by atoms with Crippen molar-refractivity contribution in [2.24, 2.45) is 0 Å². The second kappa shape index (κ2) is 4.58. The Balaban J connectivity index is 2.45. The van der Waals surface area contributed by atoms with E-state index in [4.69, 9.17) is 23.2 Å². The van der Waals surface area contributed by atoms with Gasteiger partial charge in [0.2, 0.25) is 5.78 Å². The summed E-state index contributed by atoms with van der Waals surface area (Å²) in [6.07, 6.45) is 0. The maximum atomic E-state index is 12.1. The van der Waals surface area contributed by atoms with Gasteiger partial charge in [-0.25, -0.2) is 0 Å². The lowest BCUT2D eigenvalue weighted by atomic mass is 10.1. The number of thiophene rings is 1. The molecule has 0 radical (unpaired) electrons. The SMILES string of the molecule is Cc1ccc(C(=O)c2cccc(Cl)c2Cl)s1. The summed E-state index contributed by atoms with van der Waals surface area (Å²) in [4.78, 5) is 13.9. The third-order valence-corrected chi connectivity index (χ3v) is 3.98. The van der Waals surface area contributed by atoms with E-state index < -0.39 is 0 Å². The number of hydrogen-bond acceptors (Lipinski definition) is 2. The Kier molecular flexibility index (Phi) is 3.33. The van der Waals surface area contributed by atoms with Crippen molar-refractivity contribution in [1.29, 1.82) is 0 Å². The monoisotopic (exact) mass is 270 g/mol. The van der Waals surface area contributed by atoms with Crippen molar-refractivity contribution >= 4 is 40.3 Å². The summed E-state index contributed by atoms with van der Waals surface area (Å²) in [5, 5.41) is 0.723. The summed E-state index contributed by atoms with van der Waals surface area (Å²) in [6.45, 7) is 1.96. The van der Waals surface area contributed by atoms with E-state index in [-0.39, 0.29) is 5.78 Å². The van der Waals surface area contributed by atoms with Crippen LogP contribution in [0.1, 0.15) is 20.1 Å². The first-order chi connectivity index (χ1) is 7.59. The molecule has 0 saturated heterocycles. The number of carbonyl (C=O) groups is 1. The minimum Gasteiger partial charge on any atom is -0.288 e. The lowest BCUT2D eigenvalue weighted by Crippen LogP contribution is -1.99. The van der Waals surface area contributed by atoms with Gasteiger partial charge in [-0.2, -0.15) is 0 Å². The quantitative estimate of drug-likeness (QED) is 0.730. The fourth-order valence-electron chi connectivity index (χ4n) is 1.37. The van der Waals surface area contributed by atoms with Crippen LogP contribution in [0.4, 0.5) is 0 Å². The second-order valence-electron chi connectivity index (χ2n) is 3.34. The third-order valence-electron chi connectivity index (χ3n) is 2.16. The van der Waals surface area contributed by atoms with Crippen molar-refractivity contribution in [3.63, 3.8) is 0 Å². The molecule has 0 atom stereocenters. The zero-order valence-electron chi connectivity index (χ0n) is 8.46. The van der Waals surface area contributed by atoms with Crippen LogP contribution in [0.15, 0.2) is 30.3 Å². The van der Waals surface area contributed by atoms with Gasteiger partial charge >= 0.3 is 0 Å². The van der Waals surface area contributed by atoms with E-state index in [1.807, 2.05) is 13.0 Å². The Morgan fingerprint density at radius 2 is 1.94 bits per heavy atom. The summed E-state index contributed by atoms with van der Waals surface area (Å²) in [5.74, 6) is -0.0781. The van der Waals surface area contributed by atoms with Crippen LogP contribution in [0.3, 0.4) is 0 Å².